The fourth-order valence-electron chi connectivity index (χ4n) is 8.23. The minimum absolute atomic E-state index is 0.0744. The van der Waals surface area contributed by atoms with Crippen LogP contribution in [0.15, 0.2) is 72.8 Å². The predicted molar refractivity (Wildman–Crippen MR) is 265 cm³/mol. The molecule has 6 rings (SSSR count). The lowest BCUT2D eigenvalue weighted by Crippen LogP contribution is -2.61. The average molecular weight is 1110 g/mol. The molecule has 0 amide bonds. The number of ether oxygens (including phenoxy) is 4. The molecule has 2 aliphatic rings. The van der Waals surface area contributed by atoms with E-state index in [9.17, 15) is 87.7 Å². The van der Waals surface area contributed by atoms with Crippen LogP contribution in [0.1, 0.15) is 49.9 Å². The lowest BCUT2D eigenvalue weighted by atomic mass is 9.85. The third kappa shape index (κ3) is 16.4. The number of rotatable bonds is 20. The number of aliphatic hydroxyl groups is 6. The van der Waals surface area contributed by atoms with E-state index in [2.05, 4.69) is 0 Å². The Hall–Kier alpha value is -6.20. The molecule has 76 heavy (non-hydrogen) atoms. The van der Waals surface area contributed by atoms with Gasteiger partial charge in [-0.1, -0.05) is 52.0 Å². The zero-order valence-electron chi connectivity index (χ0n) is 41.9. The second kappa shape index (κ2) is 25.3. The number of carboxylic acid groups (broad SMARTS) is 2. The van der Waals surface area contributed by atoms with Gasteiger partial charge in [0.25, 0.3) is 0 Å². The molecule has 24 nitrogen and oxygen atoms in total. The second-order valence-corrected chi connectivity index (χ2v) is 22.4. The number of phenols is 4. The van der Waals surface area contributed by atoms with Crippen LogP contribution >= 0.6 is 0 Å². The molecule has 12 N–H and O–H groups in total. The van der Waals surface area contributed by atoms with Gasteiger partial charge in [-0.2, -0.15) is 16.8 Å². The highest BCUT2D eigenvalue weighted by atomic mass is 32.2. The van der Waals surface area contributed by atoms with Gasteiger partial charge in [-0.15, -0.1) is 0 Å². The maximum Gasteiger partial charge on any atom is 0.335 e. The van der Waals surface area contributed by atoms with Crippen molar-refractivity contribution in [2.24, 2.45) is 23.7 Å². The number of carboxylic acids is 2. The van der Waals surface area contributed by atoms with Gasteiger partial charge in [0.1, 0.15) is 36.6 Å². The molecule has 0 spiro atoms. The summed E-state index contributed by atoms with van der Waals surface area (Å²) in [6.07, 6.45) is -14.1. The van der Waals surface area contributed by atoms with E-state index in [0.29, 0.717) is 25.7 Å². The number of aliphatic carboxylic acids is 2. The maximum absolute atomic E-state index is 11.4. The van der Waals surface area contributed by atoms with Gasteiger partial charge >= 0.3 is 32.2 Å². The van der Waals surface area contributed by atoms with Gasteiger partial charge in [0.05, 0.1) is 12.5 Å². The number of benzene rings is 4. The molecule has 4 aromatic rings. The minimum Gasteiger partial charge on any atom is -0.504 e. The van der Waals surface area contributed by atoms with Crippen LogP contribution < -0.4 is 17.8 Å². The molecule has 2 aliphatic heterocycles. The quantitative estimate of drug-likeness (QED) is 0.0558. The first-order valence-corrected chi connectivity index (χ1v) is 27.2. The van der Waals surface area contributed by atoms with Crippen LogP contribution in [0, 0.1) is 23.7 Å². The van der Waals surface area contributed by atoms with Crippen molar-refractivity contribution in [3.05, 3.63) is 95.1 Å². The zero-order valence-corrected chi connectivity index (χ0v) is 43.6. The minimum atomic E-state index is -3.81. The standard InChI is InChI=1S/2C25H32O12S/c2*1-12(13(2)9-15-5-7-17(27)19(11-15)37-38(3,33)34)8-14-4-6-16(26)18(10-14)35-25-22(30)20(28)21(29)23(36-25)24(31)32/h2*4-7,10-13,20-23,25-30H,8-9H2,1-3H3,(H,31,32)/t12?,13?,20-,21-,22+,23-,25+;12-,13+,20+,21+,22-,23+,25-/m01/s1. The summed E-state index contributed by atoms with van der Waals surface area (Å²) < 4.78 is 76.6. The fourth-order valence-corrected chi connectivity index (χ4v) is 9.15. The summed E-state index contributed by atoms with van der Waals surface area (Å²) >= 11 is 0. The molecule has 0 aliphatic carbocycles. The van der Waals surface area contributed by atoms with Crippen molar-refractivity contribution in [2.45, 2.75) is 115 Å². The normalized spacial score (nSPS) is 25.4. The van der Waals surface area contributed by atoms with Gasteiger partial charge in [-0.05, 0) is 120 Å². The van der Waals surface area contributed by atoms with E-state index in [0.717, 1.165) is 34.8 Å². The first-order chi connectivity index (χ1) is 35.3. The Morgan fingerprint density at radius 2 is 0.697 bits per heavy atom. The van der Waals surface area contributed by atoms with Gasteiger partial charge < -0.3 is 88.6 Å². The fraction of sp³-hybridized carbons (Fsp3) is 0.480. The molecule has 26 heteroatoms. The summed E-state index contributed by atoms with van der Waals surface area (Å²) in [6.45, 7) is 7.99. The van der Waals surface area contributed by atoms with E-state index in [4.69, 9.17) is 27.3 Å². The Morgan fingerprint density at radius 3 is 0.947 bits per heavy atom. The molecule has 2 saturated heterocycles. The number of hydrogen-bond acceptors (Lipinski definition) is 22. The van der Waals surface area contributed by atoms with E-state index in [-0.39, 0.29) is 69.7 Å². The molecule has 2 unspecified atom stereocenters. The highest BCUT2D eigenvalue weighted by Crippen LogP contribution is 2.37. The molecule has 0 saturated carbocycles. The summed E-state index contributed by atoms with van der Waals surface area (Å²) in [4.78, 5) is 22.6. The average Bonchev–Trinajstić information content (AvgIpc) is 3.32. The number of carbonyl (C=O) groups is 2. The first kappa shape index (κ1) is 60.7. The van der Waals surface area contributed by atoms with Crippen molar-refractivity contribution in [3.8, 4) is 46.0 Å². The van der Waals surface area contributed by atoms with E-state index in [1.807, 2.05) is 27.7 Å². The molecule has 2 fully saturated rings. The van der Waals surface area contributed by atoms with Gasteiger partial charge in [0.2, 0.25) is 12.6 Å². The van der Waals surface area contributed by atoms with Crippen LogP contribution in [0.25, 0.3) is 0 Å². The summed E-state index contributed by atoms with van der Waals surface area (Å²) in [5.41, 5.74) is 3.00. The molecule has 14 atom stereocenters. The lowest BCUT2D eigenvalue weighted by Gasteiger charge is -2.38. The number of aliphatic hydroxyl groups excluding tert-OH is 6. The Bertz CT molecular complexity index is 2690. The Balaban J connectivity index is 0.000000281. The third-order valence-electron chi connectivity index (χ3n) is 12.9. The molecule has 0 aromatic heterocycles. The van der Waals surface area contributed by atoms with E-state index >= 15 is 0 Å². The number of aromatic hydroxyl groups is 4. The van der Waals surface area contributed by atoms with Crippen LogP contribution in [-0.4, -0.2) is 164 Å². The van der Waals surface area contributed by atoms with Crippen LogP contribution in [-0.2, 0) is 65.0 Å². The van der Waals surface area contributed by atoms with Crippen molar-refractivity contribution < 1.29 is 115 Å². The maximum atomic E-state index is 11.4. The SMILES string of the molecule is CC(Cc1ccc(O)c(O[C@@H]2O[C@H](C(=O)O)[C@@H](O)[C@H](O)[C@H]2O)c1)C(C)Cc1ccc(O)c(OS(C)(=O)=O)c1.C[C@H](Cc1ccc(O)c(O[C@@H]2O[C@H](C(=O)O)[C@@H](O)[C@H](O)[C@H]2O)c1)[C@@H](C)Cc1ccc(O)c(OS(C)(=O)=O)c1. The first-order valence-electron chi connectivity index (χ1n) is 23.6. The molecular weight excluding hydrogens is 1050 g/mol. The van der Waals surface area contributed by atoms with Crippen LogP contribution in [0.3, 0.4) is 0 Å². The Morgan fingerprint density at radius 1 is 0.447 bits per heavy atom. The summed E-state index contributed by atoms with van der Waals surface area (Å²) in [7, 11) is -7.62. The van der Waals surface area contributed by atoms with Crippen LogP contribution in [0.4, 0.5) is 0 Å². The van der Waals surface area contributed by atoms with Crippen molar-refractivity contribution in [3.63, 3.8) is 0 Å². The molecule has 4 aromatic carbocycles. The van der Waals surface area contributed by atoms with Crippen LogP contribution in [0.2, 0.25) is 0 Å². The summed E-state index contributed by atoms with van der Waals surface area (Å²) in [6, 6.07) is 18.1. The highest BCUT2D eigenvalue weighted by Gasteiger charge is 2.49. The molecule has 0 bridgehead atoms. The third-order valence-corrected chi connectivity index (χ3v) is 13.8. The van der Waals surface area contributed by atoms with E-state index < -0.39 is 93.6 Å². The van der Waals surface area contributed by atoms with Gasteiger partial charge in [0.15, 0.2) is 58.2 Å². The van der Waals surface area contributed by atoms with Gasteiger partial charge in [0, 0.05) is 0 Å². The largest absolute Gasteiger partial charge is 0.504 e. The number of phenolic OH excluding ortho intramolecular Hbond substituents is 4. The molecule has 420 valence electrons. The van der Waals surface area contributed by atoms with E-state index in [1.165, 1.54) is 48.5 Å². The zero-order chi connectivity index (χ0) is 56.7. The highest BCUT2D eigenvalue weighted by molar-refractivity contribution is 7.86. The smallest absolute Gasteiger partial charge is 0.335 e. The number of hydrogen-bond donors (Lipinski definition) is 12. The predicted octanol–water partition coefficient (Wildman–Crippen LogP) is 1.53. The van der Waals surface area contributed by atoms with E-state index in [1.54, 1.807) is 24.3 Å². The van der Waals surface area contributed by atoms with Gasteiger partial charge in [-0.3, -0.25) is 0 Å². The Kier molecular flexibility index (Phi) is 20.2. The Labute approximate surface area is 437 Å². The summed E-state index contributed by atoms with van der Waals surface area (Å²) in [5, 5.41) is 119. The lowest BCUT2D eigenvalue weighted by molar-refractivity contribution is -0.271. The van der Waals surface area contributed by atoms with Crippen molar-refractivity contribution in [2.75, 3.05) is 12.5 Å². The summed E-state index contributed by atoms with van der Waals surface area (Å²) in [5.74, 6) is -4.51. The van der Waals surface area contributed by atoms with Crippen molar-refractivity contribution >= 4 is 32.2 Å². The molecular formula is C50H64O24S2. The van der Waals surface area contributed by atoms with Crippen LogP contribution in [0.5, 0.6) is 46.0 Å². The van der Waals surface area contributed by atoms with Gasteiger partial charge in [-0.25, -0.2) is 9.59 Å². The topological polar surface area (TPSA) is 401 Å². The molecule has 2 heterocycles. The monoisotopic (exact) mass is 1110 g/mol. The second-order valence-electron chi connectivity index (χ2n) is 19.2. The van der Waals surface area contributed by atoms with Crippen molar-refractivity contribution in [1.82, 2.24) is 0 Å². The molecule has 0 radical (unpaired) electrons. The van der Waals surface area contributed by atoms with Crippen molar-refractivity contribution in [1.29, 1.82) is 0 Å².